The fraction of sp³-hybridized carbons (Fsp3) is 0.875. The molecule has 1 heterocycles. The second-order valence-electron chi connectivity index (χ2n) is 15.5. The van der Waals surface area contributed by atoms with Crippen LogP contribution in [0.1, 0.15) is 83.1 Å². The van der Waals surface area contributed by atoms with E-state index < -0.39 is 34.3 Å². The Balaban J connectivity index is 3.06. The standard InChI is InChI=1S/C32H60N4O8/c1-29(2,3)41-25(37)21-34-16-13-33(14-17-35(19-18-34)22-26(38)42-30(4,5)6)15-20-36(23-27(39)43-31(7,8)9)24-28(40)44-32(10,11)12/h13-24H2,1-12H3. The Hall–Kier alpha value is -2.28. The first-order valence-corrected chi connectivity index (χ1v) is 15.7. The minimum Gasteiger partial charge on any atom is -0.459 e. The molecule has 0 atom stereocenters. The van der Waals surface area contributed by atoms with E-state index in [0.717, 1.165) is 0 Å². The van der Waals surface area contributed by atoms with Crippen LogP contribution in [-0.4, -0.2) is 144 Å². The molecule has 0 amide bonds. The SMILES string of the molecule is CC(C)(C)OC(=O)CN1CCN(CCN(CC(=O)OC(C)(C)C)CC(=O)OC(C)(C)C)CCN(CC(=O)OC(C)(C)C)CC1. The topological polar surface area (TPSA) is 118 Å². The number of hydrogen-bond acceptors (Lipinski definition) is 12. The van der Waals surface area contributed by atoms with Crippen LogP contribution in [0.5, 0.6) is 0 Å². The number of rotatable bonds is 11. The summed E-state index contributed by atoms with van der Waals surface area (Å²) in [7, 11) is 0. The quantitative estimate of drug-likeness (QED) is 0.247. The van der Waals surface area contributed by atoms with E-state index in [1.165, 1.54) is 0 Å². The van der Waals surface area contributed by atoms with Crippen LogP contribution in [0.4, 0.5) is 0 Å². The van der Waals surface area contributed by atoms with Crippen molar-refractivity contribution in [3.8, 4) is 0 Å². The Kier molecular flexibility index (Phi) is 15.2. The molecule has 1 fully saturated rings. The van der Waals surface area contributed by atoms with Gasteiger partial charge in [-0.3, -0.25) is 38.8 Å². The monoisotopic (exact) mass is 628 g/mol. The van der Waals surface area contributed by atoms with Crippen LogP contribution in [0.3, 0.4) is 0 Å². The van der Waals surface area contributed by atoms with Gasteiger partial charge in [-0.2, -0.15) is 0 Å². The van der Waals surface area contributed by atoms with Gasteiger partial charge in [0.2, 0.25) is 0 Å². The molecule has 1 aliphatic rings. The van der Waals surface area contributed by atoms with E-state index in [4.69, 9.17) is 18.9 Å². The van der Waals surface area contributed by atoms with Crippen LogP contribution in [0.2, 0.25) is 0 Å². The van der Waals surface area contributed by atoms with Crippen molar-refractivity contribution in [1.29, 1.82) is 0 Å². The summed E-state index contributed by atoms with van der Waals surface area (Å²) in [5, 5.41) is 0. The zero-order valence-corrected chi connectivity index (χ0v) is 29.5. The molecule has 44 heavy (non-hydrogen) atoms. The smallest absolute Gasteiger partial charge is 0.320 e. The van der Waals surface area contributed by atoms with Gasteiger partial charge in [0.1, 0.15) is 22.4 Å². The summed E-state index contributed by atoms with van der Waals surface area (Å²) in [6.07, 6.45) is 0. The van der Waals surface area contributed by atoms with E-state index in [-0.39, 0.29) is 38.1 Å². The highest BCUT2D eigenvalue weighted by molar-refractivity contribution is 5.75. The third-order valence-electron chi connectivity index (χ3n) is 6.02. The summed E-state index contributed by atoms with van der Waals surface area (Å²) >= 11 is 0. The third kappa shape index (κ3) is 20.6. The van der Waals surface area contributed by atoms with Crippen LogP contribution in [0, 0.1) is 0 Å². The zero-order valence-electron chi connectivity index (χ0n) is 29.5. The number of ether oxygens (including phenoxy) is 4. The van der Waals surface area contributed by atoms with Gasteiger partial charge in [0.25, 0.3) is 0 Å². The Morgan fingerprint density at radius 2 is 0.750 bits per heavy atom. The van der Waals surface area contributed by atoms with E-state index in [1.54, 1.807) is 46.4 Å². The van der Waals surface area contributed by atoms with Gasteiger partial charge in [0.05, 0.1) is 26.2 Å². The highest BCUT2D eigenvalue weighted by atomic mass is 16.6. The van der Waals surface area contributed by atoms with E-state index in [1.807, 2.05) is 51.3 Å². The first-order chi connectivity index (χ1) is 19.9. The lowest BCUT2D eigenvalue weighted by Crippen LogP contribution is -2.45. The predicted octanol–water partition coefficient (Wildman–Crippen LogP) is 2.57. The van der Waals surface area contributed by atoms with Gasteiger partial charge in [-0.15, -0.1) is 0 Å². The summed E-state index contributed by atoms with van der Waals surface area (Å²) in [5.41, 5.74) is -2.47. The van der Waals surface area contributed by atoms with Crippen molar-refractivity contribution in [2.24, 2.45) is 0 Å². The van der Waals surface area contributed by atoms with Crippen LogP contribution >= 0.6 is 0 Å². The molecule has 0 spiro atoms. The summed E-state index contributed by atoms with van der Waals surface area (Å²) in [5.74, 6) is -1.44. The maximum atomic E-state index is 12.7. The molecule has 1 rings (SSSR count). The lowest BCUT2D eigenvalue weighted by Gasteiger charge is -2.30. The van der Waals surface area contributed by atoms with Gasteiger partial charge in [-0.1, -0.05) is 0 Å². The first kappa shape index (κ1) is 39.7. The van der Waals surface area contributed by atoms with E-state index >= 15 is 0 Å². The Labute approximate surface area is 265 Å². The summed E-state index contributed by atoms with van der Waals surface area (Å²) in [4.78, 5) is 58.7. The first-order valence-electron chi connectivity index (χ1n) is 15.7. The number of carbonyl (C=O) groups is 4. The van der Waals surface area contributed by atoms with Gasteiger partial charge in [0, 0.05) is 52.4 Å². The lowest BCUT2D eigenvalue weighted by molar-refractivity contribution is -0.160. The molecule has 0 aromatic carbocycles. The Morgan fingerprint density at radius 1 is 0.477 bits per heavy atom. The van der Waals surface area contributed by atoms with Gasteiger partial charge < -0.3 is 18.9 Å². The van der Waals surface area contributed by atoms with Crippen LogP contribution in [0.15, 0.2) is 0 Å². The zero-order chi connectivity index (χ0) is 33.9. The van der Waals surface area contributed by atoms with Crippen molar-refractivity contribution >= 4 is 23.9 Å². The molecule has 1 saturated heterocycles. The van der Waals surface area contributed by atoms with Gasteiger partial charge >= 0.3 is 23.9 Å². The number of carbonyl (C=O) groups excluding carboxylic acids is 4. The minimum atomic E-state index is -0.648. The van der Waals surface area contributed by atoms with Crippen molar-refractivity contribution in [2.45, 2.75) is 105 Å². The van der Waals surface area contributed by atoms with E-state index in [9.17, 15) is 19.2 Å². The number of esters is 4. The number of nitrogens with zero attached hydrogens (tertiary/aromatic N) is 4. The number of hydrogen-bond donors (Lipinski definition) is 0. The molecule has 1 aliphatic heterocycles. The molecule has 0 bridgehead atoms. The molecule has 0 aromatic rings. The second kappa shape index (κ2) is 16.9. The van der Waals surface area contributed by atoms with Crippen LogP contribution in [-0.2, 0) is 38.1 Å². The molecule has 256 valence electrons. The summed E-state index contributed by atoms with van der Waals surface area (Å²) in [6, 6.07) is 0. The van der Waals surface area contributed by atoms with Gasteiger partial charge in [-0.25, -0.2) is 0 Å². The normalized spacial score (nSPS) is 16.9. The van der Waals surface area contributed by atoms with Crippen LogP contribution in [0.25, 0.3) is 0 Å². The second-order valence-corrected chi connectivity index (χ2v) is 15.5. The fourth-order valence-electron chi connectivity index (χ4n) is 4.45. The maximum absolute atomic E-state index is 12.7. The van der Waals surface area contributed by atoms with Crippen molar-refractivity contribution in [3.63, 3.8) is 0 Å². The highest BCUT2D eigenvalue weighted by Crippen LogP contribution is 2.12. The molecular formula is C32H60N4O8. The molecular weight excluding hydrogens is 568 g/mol. The van der Waals surface area contributed by atoms with Crippen molar-refractivity contribution in [1.82, 2.24) is 19.6 Å². The molecule has 12 nitrogen and oxygen atoms in total. The Bertz CT molecular complexity index is 872. The minimum absolute atomic E-state index is 0.0557. The molecule has 0 N–H and O–H groups in total. The molecule has 0 aliphatic carbocycles. The largest absolute Gasteiger partial charge is 0.459 e. The van der Waals surface area contributed by atoms with E-state index in [0.29, 0.717) is 52.4 Å². The predicted molar refractivity (Wildman–Crippen MR) is 169 cm³/mol. The maximum Gasteiger partial charge on any atom is 0.320 e. The summed E-state index contributed by atoms with van der Waals surface area (Å²) in [6.45, 7) is 26.7. The average Bonchev–Trinajstić information content (AvgIpc) is 2.84. The van der Waals surface area contributed by atoms with Gasteiger partial charge in [-0.05, 0) is 83.1 Å². The Morgan fingerprint density at radius 3 is 1.05 bits per heavy atom. The van der Waals surface area contributed by atoms with Crippen LogP contribution < -0.4 is 0 Å². The average molecular weight is 629 g/mol. The molecule has 0 unspecified atom stereocenters. The molecule has 0 aromatic heterocycles. The van der Waals surface area contributed by atoms with Crippen molar-refractivity contribution in [3.05, 3.63) is 0 Å². The highest BCUT2D eigenvalue weighted by Gasteiger charge is 2.26. The molecule has 0 saturated carbocycles. The molecule has 12 heteroatoms. The fourth-order valence-corrected chi connectivity index (χ4v) is 4.45. The summed E-state index contributed by atoms with van der Waals surface area (Å²) < 4.78 is 22.2. The third-order valence-corrected chi connectivity index (χ3v) is 6.02. The van der Waals surface area contributed by atoms with Gasteiger partial charge in [0.15, 0.2) is 0 Å². The van der Waals surface area contributed by atoms with E-state index in [2.05, 4.69) is 4.90 Å². The van der Waals surface area contributed by atoms with Crippen molar-refractivity contribution in [2.75, 3.05) is 78.5 Å². The molecule has 0 radical (unpaired) electrons. The lowest BCUT2D eigenvalue weighted by atomic mass is 10.2. The van der Waals surface area contributed by atoms with Crippen molar-refractivity contribution < 1.29 is 38.1 Å².